The van der Waals surface area contributed by atoms with E-state index < -0.39 is 28.5 Å². The molecule has 2 aromatic heterocycles. The molecule has 0 aliphatic carbocycles. The highest BCUT2D eigenvalue weighted by atomic mass is 35.5. The number of methoxy groups -OCH3 is 1. The molecular weight excluding hydrogens is 584 g/mol. The molecule has 0 aliphatic heterocycles. The average molecular weight is 619 g/mol. The van der Waals surface area contributed by atoms with Gasteiger partial charge in [-0.05, 0) is 44.0 Å². The monoisotopic (exact) mass is 618 g/mol. The van der Waals surface area contributed by atoms with E-state index in [2.05, 4.69) is 10.6 Å². The SMILES string of the molecule is COc1nc(-c2cccc(-c3cccc(NC(=O)c4cn(C)c(=O)n(C)c4=O)c3C)c2Cl)ccc1CNCC(C)(C)C(N)=O. The van der Waals surface area contributed by atoms with Crippen LogP contribution in [-0.2, 0) is 25.4 Å². The van der Waals surface area contributed by atoms with Crippen LogP contribution in [0.2, 0.25) is 5.02 Å². The van der Waals surface area contributed by atoms with Crippen molar-refractivity contribution in [3.63, 3.8) is 0 Å². The van der Waals surface area contributed by atoms with Crippen molar-refractivity contribution in [2.75, 3.05) is 19.0 Å². The number of aromatic nitrogens is 3. The van der Waals surface area contributed by atoms with Gasteiger partial charge < -0.3 is 25.7 Å². The van der Waals surface area contributed by atoms with Gasteiger partial charge in [-0.1, -0.05) is 48.0 Å². The molecular formula is C32H35ClN6O5. The third kappa shape index (κ3) is 6.43. The van der Waals surface area contributed by atoms with Crippen LogP contribution in [0.1, 0.15) is 35.3 Å². The molecule has 2 heterocycles. The topological polar surface area (TPSA) is 150 Å². The van der Waals surface area contributed by atoms with E-state index in [1.165, 1.54) is 32.0 Å². The Labute approximate surface area is 259 Å². The molecule has 2 aromatic carbocycles. The van der Waals surface area contributed by atoms with E-state index in [0.717, 1.165) is 26.8 Å². The Hall–Kier alpha value is -4.74. The molecule has 44 heavy (non-hydrogen) atoms. The third-order valence-electron chi connectivity index (χ3n) is 7.52. The minimum atomic E-state index is -0.703. The van der Waals surface area contributed by atoms with Crippen molar-refractivity contribution >= 4 is 29.1 Å². The molecule has 11 nitrogen and oxygen atoms in total. The van der Waals surface area contributed by atoms with Crippen LogP contribution in [0.4, 0.5) is 5.69 Å². The number of rotatable bonds is 10. The number of halogens is 1. The Morgan fingerprint density at radius 3 is 2.36 bits per heavy atom. The Balaban J connectivity index is 1.63. The van der Waals surface area contributed by atoms with Crippen molar-refractivity contribution in [3.05, 3.63) is 97.3 Å². The molecule has 2 amide bonds. The number of ether oxygens (including phenoxy) is 1. The molecule has 0 saturated heterocycles. The van der Waals surface area contributed by atoms with Crippen LogP contribution in [0.25, 0.3) is 22.4 Å². The second-order valence-electron chi connectivity index (χ2n) is 11.1. The molecule has 12 heteroatoms. The lowest BCUT2D eigenvalue weighted by atomic mass is 9.93. The van der Waals surface area contributed by atoms with Crippen molar-refractivity contribution in [3.8, 4) is 28.3 Å². The zero-order valence-electron chi connectivity index (χ0n) is 25.4. The van der Waals surface area contributed by atoms with Gasteiger partial charge in [-0.15, -0.1) is 0 Å². The van der Waals surface area contributed by atoms with Crippen LogP contribution in [0.3, 0.4) is 0 Å². The summed E-state index contributed by atoms with van der Waals surface area (Å²) in [5.41, 5.74) is 8.19. The predicted molar refractivity (Wildman–Crippen MR) is 171 cm³/mol. The normalized spacial score (nSPS) is 11.3. The first-order valence-electron chi connectivity index (χ1n) is 13.8. The number of amides is 2. The number of hydrogen-bond acceptors (Lipinski definition) is 7. The van der Waals surface area contributed by atoms with Gasteiger partial charge in [0.15, 0.2) is 0 Å². The Morgan fingerprint density at radius 1 is 1.02 bits per heavy atom. The number of nitrogens with one attached hydrogen (secondary N) is 2. The van der Waals surface area contributed by atoms with Gasteiger partial charge in [0, 0.05) is 55.8 Å². The summed E-state index contributed by atoms with van der Waals surface area (Å²) in [7, 11) is 4.33. The summed E-state index contributed by atoms with van der Waals surface area (Å²) in [4.78, 5) is 54.0. The van der Waals surface area contributed by atoms with Crippen molar-refractivity contribution in [2.24, 2.45) is 25.2 Å². The van der Waals surface area contributed by atoms with Crippen molar-refractivity contribution in [1.29, 1.82) is 0 Å². The molecule has 0 fully saturated rings. The molecule has 4 rings (SSSR count). The summed E-state index contributed by atoms with van der Waals surface area (Å²) in [6.45, 7) is 6.20. The summed E-state index contributed by atoms with van der Waals surface area (Å²) >= 11 is 6.97. The summed E-state index contributed by atoms with van der Waals surface area (Å²) in [5, 5.41) is 6.49. The fraction of sp³-hybridized carbons (Fsp3) is 0.281. The Morgan fingerprint density at radius 2 is 1.68 bits per heavy atom. The largest absolute Gasteiger partial charge is 0.481 e. The first kappa shape index (κ1) is 32.2. The quantitative estimate of drug-likeness (QED) is 0.246. The van der Waals surface area contributed by atoms with E-state index in [1.807, 2.05) is 43.3 Å². The van der Waals surface area contributed by atoms with E-state index in [9.17, 15) is 19.2 Å². The lowest BCUT2D eigenvalue weighted by Crippen LogP contribution is -2.40. The smallest absolute Gasteiger partial charge is 0.330 e. The lowest BCUT2D eigenvalue weighted by Gasteiger charge is -2.21. The fourth-order valence-electron chi connectivity index (χ4n) is 4.68. The fourth-order valence-corrected chi connectivity index (χ4v) is 5.01. The molecule has 4 N–H and O–H groups in total. The van der Waals surface area contributed by atoms with Gasteiger partial charge in [0.2, 0.25) is 11.8 Å². The van der Waals surface area contributed by atoms with Gasteiger partial charge in [0.25, 0.3) is 11.5 Å². The minimum Gasteiger partial charge on any atom is -0.481 e. The van der Waals surface area contributed by atoms with Crippen LogP contribution >= 0.6 is 11.6 Å². The van der Waals surface area contributed by atoms with E-state index in [-0.39, 0.29) is 5.56 Å². The number of benzene rings is 2. The number of aryl methyl sites for hydroxylation is 1. The number of carbonyl (C=O) groups is 2. The molecule has 0 atom stereocenters. The molecule has 0 radical (unpaired) electrons. The number of nitrogens with two attached hydrogens (primary N) is 1. The number of anilines is 1. The highest BCUT2D eigenvalue weighted by Gasteiger charge is 2.24. The number of primary amides is 1. The molecule has 0 bridgehead atoms. The van der Waals surface area contributed by atoms with E-state index in [1.54, 1.807) is 26.0 Å². The molecule has 0 unspecified atom stereocenters. The first-order valence-corrected chi connectivity index (χ1v) is 14.2. The molecule has 4 aromatic rings. The van der Waals surface area contributed by atoms with Crippen LogP contribution in [0.15, 0.2) is 64.3 Å². The second-order valence-corrected chi connectivity index (χ2v) is 11.5. The van der Waals surface area contributed by atoms with Crippen LogP contribution in [0, 0.1) is 12.3 Å². The molecule has 0 aliphatic rings. The highest BCUT2D eigenvalue weighted by Crippen LogP contribution is 2.39. The zero-order chi connectivity index (χ0) is 32.3. The molecule has 230 valence electrons. The van der Waals surface area contributed by atoms with Gasteiger partial charge in [-0.25, -0.2) is 9.78 Å². The first-order chi connectivity index (χ1) is 20.8. The van der Waals surface area contributed by atoms with Gasteiger partial charge >= 0.3 is 5.69 Å². The summed E-state index contributed by atoms with van der Waals surface area (Å²) in [6.07, 6.45) is 1.23. The van der Waals surface area contributed by atoms with E-state index in [0.29, 0.717) is 40.9 Å². The van der Waals surface area contributed by atoms with Gasteiger partial charge in [-0.3, -0.25) is 19.0 Å². The van der Waals surface area contributed by atoms with Gasteiger partial charge in [-0.2, -0.15) is 0 Å². The van der Waals surface area contributed by atoms with Crippen molar-refractivity contribution in [2.45, 2.75) is 27.3 Å². The second kappa shape index (κ2) is 12.9. The summed E-state index contributed by atoms with van der Waals surface area (Å²) < 4.78 is 7.63. The number of hydrogen-bond donors (Lipinski definition) is 3. The van der Waals surface area contributed by atoms with Crippen LogP contribution in [0.5, 0.6) is 5.88 Å². The average Bonchev–Trinajstić information content (AvgIpc) is 2.99. The third-order valence-corrected chi connectivity index (χ3v) is 7.93. The van der Waals surface area contributed by atoms with E-state index in [4.69, 9.17) is 27.1 Å². The number of pyridine rings is 1. The van der Waals surface area contributed by atoms with Crippen molar-refractivity contribution in [1.82, 2.24) is 19.4 Å². The lowest BCUT2D eigenvalue weighted by molar-refractivity contribution is -0.125. The maximum absolute atomic E-state index is 13.1. The Kier molecular flexibility index (Phi) is 9.41. The van der Waals surface area contributed by atoms with Crippen molar-refractivity contribution < 1.29 is 14.3 Å². The maximum Gasteiger partial charge on any atom is 0.330 e. The van der Waals surface area contributed by atoms with Crippen LogP contribution in [-0.4, -0.2) is 39.6 Å². The minimum absolute atomic E-state index is 0.158. The molecule has 0 spiro atoms. The predicted octanol–water partition coefficient (Wildman–Crippen LogP) is 3.64. The van der Waals surface area contributed by atoms with Gasteiger partial charge in [0.1, 0.15) is 5.56 Å². The summed E-state index contributed by atoms with van der Waals surface area (Å²) in [6, 6.07) is 14.7. The van der Waals surface area contributed by atoms with Crippen LogP contribution < -0.4 is 32.4 Å². The Bertz CT molecular complexity index is 1880. The number of carbonyl (C=O) groups excluding carboxylic acids is 2. The van der Waals surface area contributed by atoms with Gasteiger partial charge in [0.05, 0.1) is 23.2 Å². The zero-order valence-corrected chi connectivity index (χ0v) is 26.2. The maximum atomic E-state index is 13.1. The molecule has 0 saturated carbocycles. The standard InChI is InChI=1S/C32H35ClN6O5/c1-18-20(9-8-12-24(18)36-27(40)23-16-38(4)31(43)39(5)29(23)41)21-10-7-11-22(26(21)33)25-14-13-19(28(37-25)44-6)15-35-17-32(2,3)30(34)42/h7-14,16,35H,15,17H2,1-6H3,(H2,34,42)(H,36,40). The highest BCUT2D eigenvalue weighted by molar-refractivity contribution is 6.36. The van der Waals surface area contributed by atoms with E-state index >= 15 is 0 Å². The summed E-state index contributed by atoms with van der Waals surface area (Å²) in [5.74, 6) is -0.609. The number of nitrogens with zero attached hydrogens (tertiary/aromatic N) is 3.